The maximum atomic E-state index is 11.8. The lowest BCUT2D eigenvalue weighted by atomic mass is 10.0. The van der Waals surface area contributed by atoms with Crippen molar-refractivity contribution in [3.8, 4) is 17.6 Å². The molecule has 1 aliphatic carbocycles. The molecule has 134 valence electrons. The summed E-state index contributed by atoms with van der Waals surface area (Å²) in [5.74, 6) is 7.69. The maximum absolute atomic E-state index is 11.8. The number of rotatable bonds is 6. The Labute approximate surface area is 155 Å². The van der Waals surface area contributed by atoms with E-state index in [0.29, 0.717) is 6.61 Å². The van der Waals surface area contributed by atoms with Crippen LogP contribution in [0, 0.1) is 17.8 Å². The van der Waals surface area contributed by atoms with E-state index in [2.05, 4.69) is 36.2 Å². The summed E-state index contributed by atoms with van der Waals surface area (Å²) in [6.07, 6.45) is 2.92. The van der Waals surface area contributed by atoms with E-state index in [-0.39, 0.29) is 17.9 Å². The lowest BCUT2D eigenvalue weighted by molar-refractivity contribution is -0.122. The molecule has 2 aromatic carbocycles. The highest BCUT2D eigenvalue weighted by atomic mass is 16.5. The van der Waals surface area contributed by atoms with Gasteiger partial charge in [-0.05, 0) is 75.1 Å². The first kappa shape index (κ1) is 18.1. The minimum Gasteiger partial charge on any atom is -0.494 e. The van der Waals surface area contributed by atoms with Crippen LogP contribution in [0.5, 0.6) is 5.75 Å². The van der Waals surface area contributed by atoms with Crippen LogP contribution in [0.15, 0.2) is 48.5 Å². The van der Waals surface area contributed by atoms with Crippen LogP contribution >= 0.6 is 0 Å². The average Bonchev–Trinajstić information content (AvgIpc) is 3.48. The standard InChI is InChI=1S/C23H25NO2/c1-3-26-22-14-10-19(11-15-22)5-4-18-6-8-20(9-7-18)16-17(2)24-23(25)21-12-13-21/h6-11,14-15,17,21H,3,12-13,16H2,1-2H3,(H,24,25). The summed E-state index contributed by atoms with van der Waals surface area (Å²) in [7, 11) is 0. The zero-order chi connectivity index (χ0) is 18.4. The predicted molar refractivity (Wildman–Crippen MR) is 104 cm³/mol. The van der Waals surface area contributed by atoms with Gasteiger partial charge in [-0.25, -0.2) is 0 Å². The van der Waals surface area contributed by atoms with Crippen LogP contribution in [-0.2, 0) is 11.2 Å². The Morgan fingerprint density at radius 2 is 1.65 bits per heavy atom. The van der Waals surface area contributed by atoms with Crippen LogP contribution < -0.4 is 10.1 Å². The molecule has 3 nitrogen and oxygen atoms in total. The Kier molecular flexibility index (Phi) is 5.96. The van der Waals surface area contributed by atoms with Gasteiger partial charge in [-0.15, -0.1) is 0 Å². The quantitative estimate of drug-likeness (QED) is 0.804. The highest BCUT2D eigenvalue weighted by Crippen LogP contribution is 2.28. The lowest BCUT2D eigenvalue weighted by Gasteiger charge is -2.13. The molecular weight excluding hydrogens is 322 g/mol. The second-order valence-corrected chi connectivity index (χ2v) is 6.79. The van der Waals surface area contributed by atoms with Gasteiger partial charge in [-0.2, -0.15) is 0 Å². The van der Waals surface area contributed by atoms with Gasteiger partial charge in [0.25, 0.3) is 0 Å². The largest absolute Gasteiger partial charge is 0.494 e. The molecule has 1 saturated carbocycles. The first-order valence-electron chi connectivity index (χ1n) is 9.28. The Hall–Kier alpha value is -2.73. The Bertz CT molecular complexity index is 793. The van der Waals surface area contributed by atoms with E-state index in [1.165, 1.54) is 5.56 Å². The van der Waals surface area contributed by atoms with Crippen LogP contribution in [0.4, 0.5) is 0 Å². The maximum Gasteiger partial charge on any atom is 0.223 e. The minimum absolute atomic E-state index is 0.156. The fraction of sp³-hybridized carbons (Fsp3) is 0.348. The van der Waals surface area contributed by atoms with Gasteiger partial charge in [0.1, 0.15) is 5.75 Å². The number of benzene rings is 2. The molecule has 0 radical (unpaired) electrons. The molecule has 0 bridgehead atoms. The SMILES string of the molecule is CCOc1ccc(C#Cc2ccc(CC(C)NC(=O)C3CC3)cc2)cc1. The first-order valence-corrected chi connectivity index (χ1v) is 9.28. The third-order valence-corrected chi connectivity index (χ3v) is 4.35. The summed E-state index contributed by atoms with van der Waals surface area (Å²) in [6, 6.07) is 16.2. The molecule has 3 heteroatoms. The van der Waals surface area contributed by atoms with Crippen molar-refractivity contribution in [2.45, 2.75) is 39.2 Å². The molecule has 1 atom stereocenters. The van der Waals surface area contributed by atoms with Crippen LogP contribution in [-0.4, -0.2) is 18.6 Å². The van der Waals surface area contributed by atoms with Crippen molar-refractivity contribution in [2.75, 3.05) is 6.61 Å². The fourth-order valence-electron chi connectivity index (χ4n) is 2.78. The Morgan fingerprint density at radius 1 is 1.08 bits per heavy atom. The third-order valence-electron chi connectivity index (χ3n) is 4.35. The van der Waals surface area contributed by atoms with Gasteiger partial charge < -0.3 is 10.1 Å². The zero-order valence-electron chi connectivity index (χ0n) is 15.4. The van der Waals surface area contributed by atoms with Gasteiger partial charge in [-0.1, -0.05) is 24.0 Å². The molecule has 26 heavy (non-hydrogen) atoms. The number of hydrogen-bond acceptors (Lipinski definition) is 2. The van der Waals surface area contributed by atoms with Crippen molar-refractivity contribution in [1.82, 2.24) is 5.32 Å². The molecule has 3 rings (SSSR count). The second-order valence-electron chi connectivity index (χ2n) is 6.79. The molecule has 1 N–H and O–H groups in total. The monoisotopic (exact) mass is 347 g/mol. The molecule has 1 unspecified atom stereocenters. The highest BCUT2D eigenvalue weighted by molar-refractivity contribution is 5.81. The van der Waals surface area contributed by atoms with E-state index in [1.807, 2.05) is 43.3 Å². The summed E-state index contributed by atoms with van der Waals surface area (Å²) in [4.78, 5) is 11.8. The summed E-state index contributed by atoms with van der Waals surface area (Å²) < 4.78 is 5.43. The second kappa shape index (κ2) is 8.58. The molecule has 1 fully saturated rings. The molecular formula is C23H25NO2. The van der Waals surface area contributed by atoms with Crippen molar-refractivity contribution >= 4 is 5.91 Å². The number of amides is 1. The summed E-state index contributed by atoms with van der Waals surface area (Å²) in [6.45, 7) is 4.69. The van der Waals surface area contributed by atoms with Crippen molar-refractivity contribution < 1.29 is 9.53 Å². The lowest BCUT2D eigenvalue weighted by Crippen LogP contribution is -2.35. The van der Waals surface area contributed by atoms with Crippen molar-refractivity contribution in [2.24, 2.45) is 5.92 Å². The van der Waals surface area contributed by atoms with Gasteiger partial charge in [0.05, 0.1) is 6.61 Å². The van der Waals surface area contributed by atoms with Crippen molar-refractivity contribution in [3.05, 3.63) is 65.2 Å². The number of hydrogen-bond donors (Lipinski definition) is 1. The van der Waals surface area contributed by atoms with Crippen LogP contribution in [0.25, 0.3) is 0 Å². The number of carbonyl (C=O) groups excluding carboxylic acids is 1. The van der Waals surface area contributed by atoms with Crippen LogP contribution in [0.2, 0.25) is 0 Å². The van der Waals surface area contributed by atoms with E-state index in [9.17, 15) is 4.79 Å². The van der Waals surface area contributed by atoms with E-state index >= 15 is 0 Å². The first-order chi connectivity index (χ1) is 12.6. The molecule has 0 aromatic heterocycles. The van der Waals surface area contributed by atoms with Crippen molar-refractivity contribution in [1.29, 1.82) is 0 Å². The topological polar surface area (TPSA) is 38.3 Å². The molecule has 0 spiro atoms. The number of nitrogens with one attached hydrogen (secondary N) is 1. The van der Waals surface area contributed by atoms with Gasteiger partial charge in [0, 0.05) is 23.1 Å². The summed E-state index contributed by atoms with van der Waals surface area (Å²) in [5.41, 5.74) is 3.16. The Balaban J connectivity index is 1.55. The third kappa shape index (κ3) is 5.39. The number of carbonyl (C=O) groups is 1. The molecule has 1 amide bonds. The van der Waals surface area contributed by atoms with Gasteiger partial charge >= 0.3 is 0 Å². The molecule has 0 heterocycles. The number of ether oxygens (including phenoxy) is 1. The van der Waals surface area contributed by atoms with E-state index in [0.717, 1.165) is 36.1 Å². The molecule has 0 aliphatic heterocycles. The minimum atomic E-state index is 0.156. The summed E-state index contributed by atoms with van der Waals surface area (Å²) >= 11 is 0. The van der Waals surface area contributed by atoms with E-state index in [4.69, 9.17) is 4.74 Å². The predicted octanol–water partition coefficient (Wildman–Crippen LogP) is 3.94. The zero-order valence-corrected chi connectivity index (χ0v) is 15.4. The van der Waals surface area contributed by atoms with Crippen LogP contribution in [0.1, 0.15) is 43.4 Å². The van der Waals surface area contributed by atoms with Gasteiger partial charge in [-0.3, -0.25) is 4.79 Å². The highest BCUT2D eigenvalue weighted by Gasteiger charge is 2.30. The molecule has 0 saturated heterocycles. The van der Waals surface area contributed by atoms with Gasteiger partial charge in [0.2, 0.25) is 5.91 Å². The average molecular weight is 347 g/mol. The molecule has 1 aliphatic rings. The fourth-order valence-corrected chi connectivity index (χ4v) is 2.78. The van der Waals surface area contributed by atoms with E-state index < -0.39 is 0 Å². The molecule has 2 aromatic rings. The smallest absolute Gasteiger partial charge is 0.223 e. The summed E-state index contributed by atoms with van der Waals surface area (Å²) in [5, 5.41) is 3.09. The normalized spacial score (nSPS) is 14.1. The Morgan fingerprint density at radius 3 is 2.19 bits per heavy atom. The van der Waals surface area contributed by atoms with Crippen LogP contribution in [0.3, 0.4) is 0 Å². The van der Waals surface area contributed by atoms with E-state index in [1.54, 1.807) is 0 Å². The van der Waals surface area contributed by atoms with Gasteiger partial charge in [0.15, 0.2) is 0 Å². The van der Waals surface area contributed by atoms with Crippen molar-refractivity contribution in [3.63, 3.8) is 0 Å².